The van der Waals surface area contributed by atoms with Gasteiger partial charge in [-0.1, -0.05) is 167 Å². The maximum absolute atomic E-state index is 12.5. The van der Waals surface area contributed by atoms with Crippen LogP contribution in [0.5, 0.6) is 0 Å². The third-order valence-corrected chi connectivity index (χ3v) is 18.7. The zero-order valence-corrected chi connectivity index (χ0v) is 67.1. The number of rotatable bonds is 20. The molecule has 628 valence electrons. The minimum absolute atomic E-state index is 0. The van der Waals surface area contributed by atoms with E-state index in [9.17, 15) is 57.5 Å². The number of nitrogens with one attached hydrogen (secondary N) is 2. The number of nitrogens with two attached hydrogens (primary N) is 1. The highest BCUT2D eigenvalue weighted by molar-refractivity contribution is 6.62. The normalized spacial score (nSPS) is 19.8. The minimum Gasteiger partial charge on any atom is -0.465 e. The standard InChI is InChI=1S/C17H24N2O4.C17H21NO5.C15H18N2O3.C15H19NO4.C8H7ClO2.C7H13NO2.C2H3ClO.2CH4.ClH/c1-3-22-15(20)17(13(2)18)10-7-11-19(17)16(21)23-12-14-8-5-4-6-9-14;1-3-22-15(20)17(13(2)19)10-7-11-18(17)16(21)23-12-14-8-5-4-6-9-14;1-11-15(13(18)16-11)8-5-9-17(15)14(19)20-10-12-6-3-2-4-7-12;1-2-19-14(17)13-9-6-10-16(13)15(18)20-11-12-7-4-3-5-8-12;9-8(10)11-6-7-4-2-1-3-5-7;1-2-10-7(9)6-4-3-5-8-6;1-2(3)4;;;/h4-6,8-9,13H,3,7,10-12,18H2,1-2H3;4-6,8-9H,3,7,10-12H2,1-2H3;2-4,6-7,11H,5,8-10H2,1H3,(H,16,18);3-5,7-8,13H,2,6,9-11H2,1H3;1-5H,6H2;6,8H,2-5H2,1H3;1H3;2*1H4;1H. The van der Waals surface area contributed by atoms with Crippen LogP contribution in [0.2, 0.25) is 0 Å². The highest BCUT2D eigenvalue weighted by atomic mass is 35.5. The van der Waals surface area contributed by atoms with Crippen molar-refractivity contribution in [3.63, 3.8) is 0 Å². The van der Waals surface area contributed by atoms with E-state index in [0.29, 0.717) is 65.1 Å². The van der Waals surface area contributed by atoms with Crippen LogP contribution in [0.25, 0.3) is 0 Å². The monoisotopic (exact) mass is 1650 g/mol. The van der Waals surface area contributed by atoms with Gasteiger partial charge < -0.3 is 59.0 Å². The third kappa shape index (κ3) is 29.8. The fourth-order valence-corrected chi connectivity index (χ4v) is 13.2. The number of amides is 5. The SMILES string of the molecule is C.C.CC(=O)Cl.CC1NC(=O)C12CCCN2C(=O)OCc1ccccc1.CCOC(=O)C1(C(C)=O)CCCN1C(=O)OCc1ccccc1.CCOC(=O)C1(C(C)N)CCCN1C(=O)OCc1ccccc1.CCOC(=O)C1CCCN1.CCOC(=O)C1CCCN1C(=O)OCc1ccccc1.Cl.O=C(Cl)OCc1ccccc1. The Balaban J connectivity index is 0.000000466. The molecule has 6 aliphatic rings. The molecule has 1 spiro atoms. The van der Waals surface area contributed by atoms with Crippen LogP contribution in [0.1, 0.15) is 162 Å². The van der Waals surface area contributed by atoms with E-state index in [1.165, 1.54) is 28.5 Å². The maximum Gasteiger partial charge on any atom is 0.411 e. The number of likely N-dealkylation sites (tertiary alicyclic amines) is 4. The fourth-order valence-electron chi connectivity index (χ4n) is 13.1. The van der Waals surface area contributed by atoms with Crippen LogP contribution in [0.15, 0.2) is 152 Å². The predicted molar refractivity (Wildman–Crippen MR) is 431 cm³/mol. The molecule has 7 unspecified atom stereocenters. The molecule has 5 aromatic rings. The molecule has 7 atom stereocenters. The molecular weight excluding hydrogens is 1540 g/mol. The molecule has 114 heavy (non-hydrogen) atoms. The number of hydrogen-bond acceptors (Lipinski definition) is 23. The summed E-state index contributed by atoms with van der Waals surface area (Å²) in [7, 11) is 0. The number of ether oxygens (including phenoxy) is 9. The van der Waals surface area contributed by atoms with Crippen LogP contribution < -0.4 is 16.4 Å². The molecule has 0 aliphatic carbocycles. The molecule has 6 fully saturated rings. The predicted octanol–water partition coefficient (Wildman–Crippen LogP) is 13.7. The van der Waals surface area contributed by atoms with Crippen molar-refractivity contribution < 1.29 is 100 Å². The van der Waals surface area contributed by atoms with Crippen LogP contribution >= 0.6 is 35.6 Å². The zero-order chi connectivity index (χ0) is 81.4. The Morgan fingerprint density at radius 1 is 0.474 bits per heavy atom. The second kappa shape index (κ2) is 52.5. The molecule has 5 aromatic carbocycles. The molecule has 0 aromatic heterocycles. The Labute approximate surface area is 685 Å². The number of hydrogen-bond donors (Lipinski definition) is 3. The van der Waals surface area contributed by atoms with Gasteiger partial charge in [0.15, 0.2) is 11.3 Å². The molecule has 0 bridgehead atoms. The van der Waals surface area contributed by atoms with E-state index in [-0.39, 0.29) is 115 Å². The smallest absolute Gasteiger partial charge is 0.411 e. The van der Waals surface area contributed by atoms with Crippen LogP contribution in [0.4, 0.5) is 24.0 Å². The Morgan fingerprint density at radius 3 is 1.25 bits per heavy atom. The van der Waals surface area contributed by atoms with E-state index in [4.69, 9.17) is 55.2 Å². The molecule has 0 radical (unpaired) electrons. The lowest BCUT2D eigenvalue weighted by Gasteiger charge is -2.49. The maximum atomic E-state index is 12.5. The Hall–Kier alpha value is -9.87. The second-order valence-corrected chi connectivity index (χ2v) is 26.9. The third-order valence-electron chi connectivity index (χ3n) is 18.6. The van der Waals surface area contributed by atoms with Gasteiger partial charge in [-0.2, -0.15) is 0 Å². The Kier molecular flexibility index (Phi) is 46.2. The summed E-state index contributed by atoms with van der Waals surface area (Å²) < 4.78 is 45.8. The van der Waals surface area contributed by atoms with Crippen molar-refractivity contribution in [2.75, 3.05) is 59.2 Å². The molecule has 4 N–H and O–H groups in total. The molecular formula is C83H114Cl3N7O21. The topological polar surface area (TPSA) is 351 Å². The quantitative estimate of drug-likeness (QED) is 0.0214. The first-order valence-electron chi connectivity index (χ1n) is 37.2. The van der Waals surface area contributed by atoms with Crippen molar-refractivity contribution in [1.29, 1.82) is 0 Å². The van der Waals surface area contributed by atoms with Crippen molar-refractivity contribution in [3.8, 4) is 0 Å². The average Bonchev–Trinajstić information content (AvgIpc) is 1.45. The molecule has 31 heteroatoms. The molecule has 28 nitrogen and oxygen atoms in total. The van der Waals surface area contributed by atoms with E-state index in [0.717, 1.165) is 66.5 Å². The van der Waals surface area contributed by atoms with Gasteiger partial charge in [-0.25, -0.2) is 38.4 Å². The van der Waals surface area contributed by atoms with Crippen molar-refractivity contribution in [2.45, 2.75) is 208 Å². The number of carbonyl (C=O) groups is 12. The lowest BCUT2D eigenvalue weighted by Crippen LogP contribution is -2.76. The number of halogens is 3. The Morgan fingerprint density at radius 2 is 0.851 bits per heavy atom. The first kappa shape index (κ1) is 100. The summed E-state index contributed by atoms with van der Waals surface area (Å²) >= 11 is 9.60. The zero-order valence-electron chi connectivity index (χ0n) is 64.8. The largest absolute Gasteiger partial charge is 0.465 e. The molecule has 6 aliphatic heterocycles. The first-order chi connectivity index (χ1) is 53.3. The van der Waals surface area contributed by atoms with Crippen molar-refractivity contribution in [2.24, 2.45) is 5.73 Å². The van der Waals surface area contributed by atoms with E-state index in [2.05, 4.69) is 27.0 Å². The summed E-state index contributed by atoms with van der Waals surface area (Å²) in [5.74, 6) is -2.03. The van der Waals surface area contributed by atoms with Crippen molar-refractivity contribution in [1.82, 2.24) is 30.2 Å². The van der Waals surface area contributed by atoms with Gasteiger partial charge in [-0.3, -0.25) is 38.8 Å². The Bertz CT molecular complexity index is 3770. The summed E-state index contributed by atoms with van der Waals surface area (Å²) in [6.45, 7) is 18.2. The van der Waals surface area contributed by atoms with Gasteiger partial charge in [0.2, 0.25) is 16.7 Å². The highest BCUT2D eigenvalue weighted by Crippen LogP contribution is 2.39. The number of nitrogens with zero attached hydrogens (tertiary/aromatic N) is 4. The van der Waals surface area contributed by atoms with Crippen molar-refractivity contribution in [3.05, 3.63) is 179 Å². The van der Waals surface area contributed by atoms with Crippen LogP contribution in [0.3, 0.4) is 0 Å². The molecule has 5 amide bonds. The highest BCUT2D eigenvalue weighted by Gasteiger charge is 2.61. The van der Waals surface area contributed by atoms with Gasteiger partial charge in [-0.15, -0.1) is 12.4 Å². The summed E-state index contributed by atoms with van der Waals surface area (Å²) in [6.07, 6.45) is 4.97. The average molecular weight is 1650 g/mol. The molecule has 6 saturated heterocycles. The van der Waals surface area contributed by atoms with E-state index in [1.807, 2.05) is 166 Å². The summed E-state index contributed by atoms with van der Waals surface area (Å²) in [5.41, 5.74) is 6.45. The van der Waals surface area contributed by atoms with E-state index in [1.54, 1.807) is 32.6 Å². The summed E-state index contributed by atoms with van der Waals surface area (Å²) in [5, 5.41) is 5.51. The minimum atomic E-state index is -1.55. The number of benzene rings is 5. The number of ketones is 1. The van der Waals surface area contributed by atoms with E-state index >= 15 is 0 Å². The van der Waals surface area contributed by atoms with Crippen LogP contribution in [-0.4, -0.2) is 190 Å². The first-order valence-corrected chi connectivity index (χ1v) is 38.0. The van der Waals surface area contributed by atoms with Gasteiger partial charge in [0.05, 0.1) is 32.5 Å². The summed E-state index contributed by atoms with van der Waals surface area (Å²) in [4.78, 5) is 146. The van der Waals surface area contributed by atoms with Gasteiger partial charge in [0, 0.05) is 50.7 Å². The molecule has 0 saturated carbocycles. The number of esters is 4. The number of β-lactam (4-membered cyclic amide) rings is 1. The van der Waals surface area contributed by atoms with Crippen LogP contribution in [0, 0.1) is 0 Å². The number of carbonyl (C=O) groups excluding carboxylic acids is 12. The van der Waals surface area contributed by atoms with E-state index < -0.39 is 76.2 Å². The molecule has 11 rings (SSSR count). The van der Waals surface area contributed by atoms with Gasteiger partial charge in [0.25, 0.3) is 0 Å². The lowest BCUT2D eigenvalue weighted by molar-refractivity contribution is -0.159. The van der Waals surface area contributed by atoms with Gasteiger partial charge >= 0.3 is 53.7 Å². The number of Topliss-reactive ketones (excluding diaryl/α,β-unsaturated/α-hetero) is 1. The van der Waals surface area contributed by atoms with Crippen LogP contribution in [-0.2, 0) is 109 Å². The van der Waals surface area contributed by atoms with Gasteiger partial charge in [0.1, 0.15) is 50.7 Å². The van der Waals surface area contributed by atoms with Gasteiger partial charge in [-0.05, 0) is 159 Å². The summed E-state index contributed by atoms with van der Waals surface area (Å²) in [6, 6.07) is 45.9. The lowest BCUT2D eigenvalue weighted by atomic mass is 9.80. The molecule has 6 heterocycles. The van der Waals surface area contributed by atoms with Crippen molar-refractivity contribution >= 4 is 106 Å². The fraction of sp³-hybridized carbons (Fsp3) is 0.494. The second-order valence-electron chi connectivity index (χ2n) is 26.1.